The molecule has 0 aliphatic heterocycles. The maximum Gasteiger partial charge on any atom is 0.262 e. The third-order valence-electron chi connectivity index (χ3n) is 3.79. The fourth-order valence-corrected chi connectivity index (χ4v) is 3.73. The number of nitrogens with one attached hydrogen (secondary N) is 1. The lowest BCUT2D eigenvalue weighted by molar-refractivity contribution is 0.322. The highest BCUT2D eigenvalue weighted by atomic mass is 32.2. The Bertz CT molecular complexity index is 973. The molecule has 2 aromatic carbocycles. The second-order valence-corrected chi connectivity index (χ2v) is 9.03. The smallest absolute Gasteiger partial charge is 0.262 e. The zero-order chi connectivity index (χ0) is 18.8. The van der Waals surface area contributed by atoms with E-state index < -0.39 is 10.0 Å². The predicted molar refractivity (Wildman–Crippen MR) is 102 cm³/mol. The molecule has 1 aromatic heterocycles. The van der Waals surface area contributed by atoms with Gasteiger partial charge in [-0.15, -0.1) is 0 Å². The Balaban J connectivity index is 2.07. The fraction of sp³-hybridized carbons (Fsp3) is 0.250. The summed E-state index contributed by atoms with van der Waals surface area (Å²) in [7, 11) is -3.74. The number of hydrogen-bond acceptors (Lipinski definition) is 4. The van der Waals surface area contributed by atoms with Gasteiger partial charge in [0, 0.05) is 12.0 Å². The van der Waals surface area contributed by atoms with E-state index in [-0.39, 0.29) is 10.3 Å². The Labute approximate surface area is 154 Å². The zero-order valence-electron chi connectivity index (χ0n) is 15.1. The van der Waals surface area contributed by atoms with Crippen molar-refractivity contribution < 1.29 is 12.9 Å². The first-order valence-corrected chi connectivity index (χ1v) is 9.86. The molecule has 0 fully saturated rings. The van der Waals surface area contributed by atoms with E-state index >= 15 is 0 Å². The van der Waals surface area contributed by atoms with Crippen molar-refractivity contribution in [3.8, 4) is 11.3 Å². The third kappa shape index (κ3) is 4.14. The maximum absolute atomic E-state index is 12.8. The minimum absolute atomic E-state index is 0.0829. The van der Waals surface area contributed by atoms with Gasteiger partial charge >= 0.3 is 0 Å². The first kappa shape index (κ1) is 18.2. The van der Waals surface area contributed by atoms with Crippen LogP contribution >= 0.6 is 0 Å². The van der Waals surface area contributed by atoms with Gasteiger partial charge in [0.25, 0.3) is 10.0 Å². The van der Waals surface area contributed by atoms with Gasteiger partial charge in [0.2, 0.25) is 0 Å². The fourth-order valence-electron chi connectivity index (χ4n) is 2.62. The first-order chi connectivity index (χ1) is 12.3. The second-order valence-electron chi connectivity index (χ2n) is 7.35. The molecule has 0 spiro atoms. The number of anilines is 1. The molecule has 26 heavy (non-hydrogen) atoms. The van der Waals surface area contributed by atoms with Gasteiger partial charge in [0.15, 0.2) is 5.76 Å². The van der Waals surface area contributed by atoms with Gasteiger partial charge in [-0.2, -0.15) is 0 Å². The molecule has 0 saturated carbocycles. The predicted octanol–water partition coefficient (Wildman–Crippen LogP) is 4.73. The van der Waals surface area contributed by atoms with Gasteiger partial charge in [-0.25, -0.2) is 8.42 Å². The summed E-state index contributed by atoms with van der Waals surface area (Å²) in [5.74, 6) is 0.524. The van der Waals surface area contributed by atoms with E-state index in [0.717, 1.165) is 5.56 Å². The lowest BCUT2D eigenvalue weighted by Crippen LogP contribution is -2.16. The Morgan fingerprint density at radius 3 is 2.12 bits per heavy atom. The number of hydrogen-bond donors (Lipinski definition) is 1. The molecule has 0 aliphatic rings. The number of benzene rings is 2. The van der Waals surface area contributed by atoms with Gasteiger partial charge < -0.3 is 4.52 Å². The van der Waals surface area contributed by atoms with Crippen LogP contribution in [0.5, 0.6) is 0 Å². The Morgan fingerprint density at radius 1 is 0.962 bits per heavy atom. The Morgan fingerprint density at radius 2 is 1.54 bits per heavy atom. The van der Waals surface area contributed by atoms with Crippen molar-refractivity contribution in [3.63, 3.8) is 0 Å². The largest absolute Gasteiger partial charge is 0.358 e. The van der Waals surface area contributed by atoms with Crippen molar-refractivity contribution in [2.45, 2.75) is 32.1 Å². The topological polar surface area (TPSA) is 72.2 Å². The SMILES string of the molecule is CC(C)(C)Cc1onc(-c2ccccc2)c1NS(=O)(=O)c1ccccc1. The number of rotatable bonds is 5. The number of aromatic nitrogens is 1. The van der Waals surface area contributed by atoms with Gasteiger partial charge in [-0.1, -0.05) is 74.5 Å². The molecule has 6 heteroatoms. The lowest BCUT2D eigenvalue weighted by Gasteiger charge is -2.17. The van der Waals surface area contributed by atoms with Crippen molar-refractivity contribution in [2.75, 3.05) is 4.72 Å². The average Bonchev–Trinajstić information content (AvgIpc) is 2.96. The van der Waals surface area contributed by atoms with E-state index in [1.807, 2.05) is 30.3 Å². The molecule has 136 valence electrons. The van der Waals surface area contributed by atoms with Crippen LogP contribution in [0, 0.1) is 5.41 Å². The summed E-state index contributed by atoms with van der Waals surface area (Å²) in [5, 5.41) is 4.15. The normalized spacial score (nSPS) is 12.1. The highest BCUT2D eigenvalue weighted by molar-refractivity contribution is 7.92. The van der Waals surface area contributed by atoms with Gasteiger partial charge in [0.05, 0.1) is 4.90 Å². The van der Waals surface area contributed by atoms with Crippen molar-refractivity contribution in [3.05, 3.63) is 66.4 Å². The molecular formula is C20H22N2O3S. The van der Waals surface area contributed by atoms with Crippen molar-refractivity contribution >= 4 is 15.7 Å². The van der Waals surface area contributed by atoms with Crippen LogP contribution in [0.15, 0.2) is 70.1 Å². The van der Waals surface area contributed by atoms with Crippen molar-refractivity contribution in [1.82, 2.24) is 5.16 Å². The second kappa shape index (κ2) is 6.96. The van der Waals surface area contributed by atoms with E-state index in [1.165, 1.54) is 0 Å². The average molecular weight is 370 g/mol. The van der Waals surface area contributed by atoms with E-state index in [1.54, 1.807) is 30.3 Å². The van der Waals surface area contributed by atoms with Crippen LogP contribution in [0.4, 0.5) is 5.69 Å². The number of sulfonamides is 1. The molecule has 1 N–H and O–H groups in total. The van der Waals surface area contributed by atoms with Crippen molar-refractivity contribution in [1.29, 1.82) is 0 Å². The molecule has 3 aromatic rings. The Hall–Kier alpha value is -2.60. The standard InChI is InChI=1S/C20H22N2O3S/c1-20(2,3)14-17-19(18(21-25-17)15-10-6-4-7-11-15)22-26(23,24)16-12-8-5-9-13-16/h4-13,22H,14H2,1-3H3. The maximum atomic E-state index is 12.8. The van der Waals surface area contributed by atoms with Crippen LogP contribution < -0.4 is 4.72 Å². The zero-order valence-corrected chi connectivity index (χ0v) is 15.9. The molecule has 0 unspecified atom stereocenters. The minimum Gasteiger partial charge on any atom is -0.358 e. The molecule has 0 aliphatic carbocycles. The molecular weight excluding hydrogens is 348 g/mol. The summed E-state index contributed by atoms with van der Waals surface area (Å²) in [5.41, 5.74) is 1.60. The summed E-state index contributed by atoms with van der Waals surface area (Å²) >= 11 is 0. The molecule has 0 bridgehead atoms. The van der Waals surface area contributed by atoms with Crippen LogP contribution in [0.25, 0.3) is 11.3 Å². The van der Waals surface area contributed by atoms with Crippen LogP contribution in [-0.4, -0.2) is 13.6 Å². The summed E-state index contributed by atoms with van der Waals surface area (Å²) in [4.78, 5) is 0.196. The monoisotopic (exact) mass is 370 g/mol. The van der Waals surface area contributed by atoms with Crippen LogP contribution in [0.2, 0.25) is 0 Å². The molecule has 0 radical (unpaired) electrons. The van der Waals surface area contributed by atoms with Gasteiger partial charge in [0.1, 0.15) is 11.4 Å². The Kier molecular flexibility index (Phi) is 4.87. The summed E-state index contributed by atoms with van der Waals surface area (Å²) in [6.45, 7) is 6.19. The molecule has 1 heterocycles. The van der Waals surface area contributed by atoms with Crippen LogP contribution in [0.3, 0.4) is 0 Å². The van der Waals surface area contributed by atoms with Crippen LogP contribution in [0.1, 0.15) is 26.5 Å². The summed E-state index contributed by atoms with van der Waals surface area (Å²) < 4.78 is 33.9. The molecule has 0 amide bonds. The van der Waals surface area contributed by atoms with Crippen LogP contribution in [-0.2, 0) is 16.4 Å². The highest BCUT2D eigenvalue weighted by Crippen LogP contribution is 2.35. The summed E-state index contributed by atoms with van der Waals surface area (Å²) in [6, 6.07) is 17.7. The van der Waals surface area contributed by atoms with Gasteiger partial charge in [-0.3, -0.25) is 4.72 Å². The van der Waals surface area contributed by atoms with E-state index in [0.29, 0.717) is 23.6 Å². The first-order valence-electron chi connectivity index (χ1n) is 8.38. The molecule has 0 atom stereocenters. The van der Waals surface area contributed by atoms with E-state index in [9.17, 15) is 8.42 Å². The van der Waals surface area contributed by atoms with E-state index in [4.69, 9.17) is 4.52 Å². The highest BCUT2D eigenvalue weighted by Gasteiger charge is 2.26. The summed E-state index contributed by atoms with van der Waals surface area (Å²) in [6.07, 6.45) is 0.555. The quantitative estimate of drug-likeness (QED) is 0.705. The van der Waals surface area contributed by atoms with Gasteiger partial charge in [-0.05, 0) is 17.5 Å². The number of nitrogens with zero attached hydrogens (tertiary/aromatic N) is 1. The minimum atomic E-state index is -3.74. The molecule has 5 nitrogen and oxygen atoms in total. The lowest BCUT2D eigenvalue weighted by atomic mass is 9.90. The molecule has 3 rings (SSSR count). The van der Waals surface area contributed by atoms with Crippen molar-refractivity contribution in [2.24, 2.45) is 5.41 Å². The van der Waals surface area contributed by atoms with E-state index in [2.05, 4.69) is 30.6 Å². The molecule has 0 saturated heterocycles. The third-order valence-corrected chi connectivity index (χ3v) is 5.16.